The molecule has 0 amide bonds. The molecule has 2 unspecified atom stereocenters. The highest BCUT2D eigenvalue weighted by molar-refractivity contribution is 4.80. The minimum absolute atomic E-state index is 0.0328. The van der Waals surface area contributed by atoms with Crippen LogP contribution < -0.4 is 5.32 Å². The van der Waals surface area contributed by atoms with Gasteiger partial charge in [0.05, 0.1) is 18.8 Å². The maximum Gasteiger partial charge on any atom is 0.0687 e. The zero-order valence-corrected chi connectivity index (χ0v) is 7.76. The van der Waals surface area contributed by atoms with E-state index in [1.54, 1.807) is 6.92 Å². The maximum absolute atomic E-state index is 9.15. The Kier molecular flexibility index (Phi) is 4.00. The van der Waals surface area contributed by atoms with E-state index >= 15 is 0 Å². The van der Waals surface area contributed by atoms with Crippen molar-refractivity contribution in [2.75, 3.05) is 6.61 Å². The predicted octanol–water partition coefficient (Wildman–Crippen LogP) is 0.116. The molecule has 0 aliphatic rings. The summed E-state index contributed by atoms with van der Waals surface area (Å²) in [5.74, 6) is 0. The molecule has 3 N–H and O–H groups in total. The molecule has 0 saturated carbocycles. The van der Waals surface area contributed by atoms with Crippen LogP contribution in [0.1, 0.15) is 27.7 Å². The van der Waals surface area contributed by atoms with Crippen LogP contribution in [0.4, 0.5) is 0 Å². The molecule has 0 bridgehead atoms. The molecular weight excluding hydrogens is 142 g/mol. The zero-order valence-electron chi connectivity index (χ0n) is 7.76. The summed E-state index contributed by atoms with van der Waals surface area (Å²) >= 11 is 0. The SMILES string of the molecule is CC(O)C(CO)NC(C)(C)C. The highest BCUT2D eigenvalue weighted by Gasteiger charge is 2.19. The fourth-order valence-electron chi connectivity index (χ4n) is 0.875. The first-order chi connectivity index (χ1) is 4.87. The quantitative estimate of drug-likeness (QED) is 0.551. The van der Waals surface area contributed by atoms with Crippen LogP contribution in [0.3, 0.4) is 0 Å². The minimum Gasteiger partial charge on any atom is -0.395 e. The molecule has 3 nitrogen and oxygen atoms in total. The van der Waals surface area contributed by atoms with E-state index in [9.17, 15) is 0 Å². The van der Waals surface area contributed by atoms with Gasteiger partial charge in [-0.3, -0.25) is 0 Å². The molecule has 68 valence electrons. The molecule has 11 heavy (non-hydrogen) atoms. The molecule has 0 aliphatic heterocycles. The van der Waals surface area contributed by atoms with Gasteiger partial charge in [0.2, 0.25) is 0 Å². The van der Waals surface area contributed by atoms with Crippen molar-refractivity contribution in [1.29, 1.82) is 0 Å². The summed E-state index contributed by atoms with van der Waals surface area (Å²) in [7, 11) is 0. The number of hydrogen-bond acceptors (Lipinski definition) is 3. The van der Waals surface area contributed by atoms with Crippen LogP contribution in [-0.4, -0.2) is 34.5 Å². The first-order valence-electron chi connectivity index (χ1n) is 3.93. The molecule has 0 aliphatic carbocycles. The Morgan fingerprint density at radius 1 is 1.36 bits per heavy atom. The van der Waals surface area contributed by atoms with Crippen molar-refractivity contribution < 1.29 is 10.2 Å². The molecule has 0 fully saturated rings. The highest BCUT2D eigenvalue weighted by Crippen LogP contribution is 2.03. The summed E-state index contributed by atoms with van der Waals surface area (Å²) in [6, 6.07) is -0.227. The van der Waals surface area contributed by atoms with Gasteiger partial charge < -0.3 is 15.5 Å². The molecule has 0 aromatic rings. The molecule has 2 atom stereocenters. The van der Waals surface area contributed by atoms with Gasteiger partial charge in [0.15, 0.2) is 0 Å². The monoisotopic (exact) mass is 161 g/mol. The van der Waals surface area contributed by atoms with Gasteiger partial charge in [-0.05, 0) is 27.7 Å². The summed E-state index contributed by atoms with van der Waals surface area (Å²) in [6.45, 7) is 7.63. The lowest BCUT2D eigenvalue weighted by molar-refractivity contribution is 0.0887. The van der Waals surface area contributed by atoms with Gasteiger partial charge in [0.25, 0.3) is 0 Å². The Labute approximate surface area is 68.4 Å². The third-order valence-electron chi connectivity index (χ3n) is 1.40. The van der Waals surface area contributed by atoms with Crippen LogP contribution in [-0.2, 0) is 0 Å². The Morgan fingerprint density at radius 2 is 1.82 bits per heavy atom. The number of nitrogens with one attached hydrogen (secondary N) is 1. The van der Waals surface area contributed by atoms with E-state index in [-0.39, 0.29) is 18.2 Å². The number of rotatable bonds is 3. The van der Waals surface area contributed by atoms with Crippen molar-refractivity contribution in [2.45, 2.75) is 45.4 Å². The topological polar surface area (TPSA) is 52.5 Å². The van der Waals surface area contributed by atoms with E-state index in [0.29, 0.717) is 0 Å². The lowest BCUT2D eigenvalue weighted by Crippen LogP contribution is -2.50. The fraction of sp³-hybridized carbons (Fsp3) is 1.00. The van der Waals surface area contributed by atoms with E-state index < -0.39 is 6.10 Å². The van der Waals surface area contributed by atoms with Crippen LogP contribution in [0.25, 0.3) is 0 Å². The standard InChI is InChI=1S/C8H19NO2/c1-6(11)7(5-10)9-8(2,3)4/h6-7,9-11H,5H2,1-4H3. The third-order valence-corrected chi connectivity index (χ3v) is 1.40. The summed E-state index contributed by atoms with van der Waals surface area (Å²) in [4.78, 5) is 0. The molecule has 0 saturated heterocycles. The highest BCUT2D eigenvalue weighted by atomic mass is 16.3. The van der Waals surface area contributed by atoms with E-state index in [1.807, 2.05) is 20.8 Å². The van der Waals surface area contributed by atoms with E-state index in [1.165, 1.54) is 0 Å². The summed E-state index contributed by atoms with van der Waals surface area (Å²) in [6.07, 6.45) is -0.515. The van der Waals surface area contributed by atoms with E-state index in [4.69, 9.17) is 10.2 Å². The van der Waals surface area contributed by atoms with Crippen molar-refractivity contribution in [3.8, 4) is 0 Å². The van der Waals surface area contributed by atoms with Crippen LogP contribution in [0.5, 0.6) is 0 Å². The minimum atomic E-state index is -0.515. The molecule has 3 heteroatoms. The van der Waals surface area contributed by atoms with Crippen LogP contribution in [0.15, 0.2) is 0 Å². The Bertz CT molecular complexity index is 107. The largest absolute Gasteiger partial charge is 0.395 e. The van der Waals surface area contributed by atoms with Gasteiger partial charge in [-0.15, -0.1) is 0 Å². The smallest absolute Gasteiger partial charge is 0.0687 e. The van der Waals surface area contributed by atoms with Gasteiger partial charge in [0, 0.05) is 5.54 Å². The molecular formula is C8H19NO2. The lowest BCUT2D eigenvalue weighted by Gasteiger charge is -2.28. The molecule has 0 aromatic heterocycles. The lowest BCUT2D eigenvalue weighted by atomic mass is 10.1. The second-order valence-electron chi connectivity index (χ2n) is 3.92. The van der Waals surface area contributed by atoms with Gasteiger partial charge >= 0.3 is 0 Å². The normalized spacial score (nSPS) is 18.0. The first kappa shape index (κ1) is 10.9. The average Bonchev–Trinajstić information content (AvgIpc) is 1.80. The van der Waals surface area contributed by atoms with Crippen molar-refractivity contribution in [1.82, 2.24) is 5.32 Å². The predicted molar refractivity (Wildman–Crippen MR) is 45.4 cm³/mol. The van der Waals surface area contributed by atoms with Crippen molar-refractivity contribution >= 4 is 0 Å². The zero-order chi connectivity index (χ0) is 9.07. The summed E-state index contributed by atoms with van der Waals surface area (Å²) < 4.78 is 0. The summed E-state index contributed by atoms with van der Waals surface area (Å²) in [5.41, 5.74) is -0.0651. The first-order valence-corrected chi connectivity index (χ1v) is 3.93. The van der Waals surface area contributed by atoms with Gasteiger partial charge in [-0.1, -0.05) is 0 Å². The number of aliphatic hydroxyl groups is 2. The molecule has 0 rings (SSSR count). The van der Waals surface area contributed by atoms with Gasteiger partial charge in [-0.25, -0.2) is 0 Å². The molecule has 0 radical (unpaired) electrons. The fourth-order valence-corrected chi connectivity index (χ4v) is 0.875. The van der Waals surface area contributed by atoms with Crippen molar-refractivity contribution in [3.63, 3.8) is 0 Å². The molecule has 0 spiro atoms. The second-order valence-corrected chi connectivity index (χ2v) is 3.92. The van der Waals surface area contributed by atoms with Crippen LogP contribution in [0, 0.1) is 0 Å². The van der Waals surface area contributed by atoms with Crippen LogP contribution in [0.2, 0.25) is 0 Å². The van der Waals surface area contributed by atoms with Gasteiger partial charge in [-0.2, -0.15) is 0 Å². The molecule has 0 heterocycles. The Morgan fingerprint density at radius 3 is 1.91 bits per heavy atom. The average molecular weight is 161 g/mol. The molecule has 0 aromatic carbocycles. The van der Waals surface area contributed by atoms with Gasteiger partial charge in [0.1, 0.15) is 0 Å². The Hall–Kier alpha value is -0.120. The summed E-state index contributed by atoms with van der Waals surface area (Å²) in [5, 5.41) is 21.1. The van der Waals surface area contributed by atoms with E-state index in [2.05, 4.69) is 5.32 Å². The van der Waals surface area contributed by atoms with Crippen molar-refractivity contribution in [2.24, 2.45) is 0 Å². The van der Waals surface area contributed by atoms with E-state index in [0.717, 1.165) is 0 Å². The number of hydrogen-bond donors (Lipinski definition) is 3. The third kappa shape index (κ3) is 5.18. The van der Waals surface area contributed by atoms with Crippen molar-refractivity contribution in [3.05, 3.63) is 0 Å². The maximum atomic E-state index is 9.15. The number of aliphatic hydroxyl groups excluding tert-OH is 2. The second kappa shape index (κ2) is 4.04. The Balaban J connectivity index is 3.88. The van der Waals surface area contributed by atoms with Crippen LogP contribution >= 0.6 is 0 Å².